The number of aryl methyl sites for hydroxylation is 1. The third kappa shape index (κ3) is 1.24. The topological polar surface area (TPSA) is 64.1 Å². The fourth-order valence-electron chi connectivity index (χ4n) is 1.61. The normalized spacial score (nSPS) is 13.4. The Morgan fingerprint density at radius 2 is 2.21 bits per heavy atom. The monoisotopic (exact) mass is 191 g/mol. The van der Waals surface area contributed by atoms with Crippen LogP contribution in [0.3, 0.4) is 0 Å². The fraction of sp³-hybridized carbons (Fsp3) is 0.300. The molecule has 4 nitrogen and oxygen atoms in total. The Balaban J connectivity index is 2.73. The Labute approximate surface area is 82.0 Å². The van der Waals surface area contributed by atoms with Gasteiger partial charge in [-0.05, 0) is 25.1 Å². The van der Waals surface area contributed by atoms with E-state index < -0.39 is 6.10 Å². The molecule has 1 heterocycles. The Bertz CT molecular complexity index is 473. The van der Waals surface area contributed by atoms with Crippen LogP contribution in [0, 0.1) is 0 Å². The number of anilines is 1. The second kappa shape index (κ2) is 2.99. The summed E-state index contributed by atoms with van der Waals surface area (Å²) in [6.45, 7) is 1.70. The van der Waals surface area contributed by atoms with Gasteiger partial charge in [0.15, 0.2) is 0 Å². The van der Waals surface area contributed by atoms with Crippen molar-refractivity contribution in [3.8, 4) is 0 Å². The average molecular weight is 191 g/mol. The van der Waals surface area contributed by atoms with Crippen molar-refractivity contribution >= 4 is 16.7 Å². The number of aromatic nitrogens is 2. The first-order chi connectivity index (χ1) is 6.59. The third-order valence-electron chi connectivity index (χ3n) is 2.31. The Morgan fingerprint density at radius 3 is 2.86 bits per heavy atom. The van der Waals surface area contributed by atoms with Gasteiger partial charge in [0, 0.05) is 12.7 Å². The zero-order valence-corrected chi connectivity index (χ0v) is 8.23. The second-order valence-corrected chi connectivity index (χ2v) is 3.45. The van der Waals surface area contributed by atoms with Gasteiger partial charge in [-0.15, -0.1) is 0 Å². The smallest absolute Gasteiger partial charge is 0.138 e. The summed E-state index contributed by atoms with van der Waals surface area (Å²) in [7, 11) is 1.88. The van der Waals surface area contributed by atoms with Crippen molar-refractivity contribution in [3.05, 3.63) is 24.0 Å². The molecule has 0 spiro atoms. The van der Waals surface area contributed by atoms with E-state index in [0.29, 0.717) is 11.5 Å². The van der Waals surface area contributed by atoms with Crippen molar-refractivity contribution < 1.29 is 5.11 Å². The maximum Gasteiger partial charge on any atom is 0.138 e. The molecule has 0 saturated heterocycles. The van der Waals surface area contributed by atoms with Gasteiger partial charge in [0.05, 0.1) is 11.0 Å². The molecule has 0 aliphatic carbocycles. The van der Waals surface area contributed by atoms with Crippen LogP contribution in [0.4, 0.5) is 5.69 Å². The number of hydrogen-bond donors (Lipinski definition) is 2. The Hall–Kier alpha value is -1.55. The molecular weight excluding hydrogens is 178 g/mol. The number of hydrogen-bond acceptors (Lipinski definition) is 3. The van der Waals surface area contributed by atoms with Crippen LogP contribution in [0.15, 0.2) is 18.2 Å². The summed E-state index contributed by atoms with van der Waals surface area (Å²) < 4.78 is 1.87. The van der Waals surface area contributed by atoms with Crippen molar-refractivity contribution in [2.45, 2.75) is 13.0 Å². The Morgan fingerprint density at radius 1 is 1.50 bits per heavy atom. The zero-order chi connectivity index (χ0) is 10.3. The number of aliphatic hydroxyl groups excluding tert-OH is 1. The van der Waals surface area contributed by atoms with E-state index in [1.165, 1.54) is 0 Å². The summed E-state index contributed by atoms with van der Waals surface area (Å²) in [4.78, 5) is 4.31. The molecule has 0 bridgehead atoms. The van der Waals surface area contributed by atoms with Gasteiger partial charge in [0.25, 0.3) is 0 Å². The molecule has 0 amide bonds. The maximum atomic E-state index is 9.46. The first-order valence-electron chi connectivity index (χ1n) is 4.49. The number of nitrogens with zero attached hydrogens (tertiary/aromatic N) is 2. The van der Waals surface area contributed by atoms with Gasteiger partial charge in [-0.3, -0.25) is 0 Å². The molecule has 0 aliphatic rings. The van der Waals surface area contributed by atoms with E-state index in [2.05, 4.69) is 4.98 Å². The molecule has 1 atom stereocenters. The summed E-state index contributed by atoms with van der Waals surface area (Å²) >= 11 is 0. The molecular formula is C10H13N3O. The molecule has 3 N–H and O–H groups in total. The van der Waals surface area contributed by atoms with E-state index in [9.17, 15) is 5.11 Å². The predicted octanol–water partition coefficient (Wildman–Crippen LogP) is 1.21. The molecule has 0 aliphatic heterocycles. The van der Waals surface area contributed by atoms with Gasteiger partial charge >= 0.3 is 0 Å². The molecule has 1 aromatic carbocycles. The lowest BCUT2D eigenvalue weighted by Gasteiger charge is -2.03. The zero-order valence-electron chi connectivity index (χ0n) is 8.23. The van der Waals surface area contributed by atoms with Gasteiger partial charge in [0.1, 0.15) is 11.9 Å². The lowest BCUT2D eigenvalue weighted by molar-refractivity contribution is 0.186. The van der Waals surface area contributed by atoms with Crippen LogP contribution in [0.25, 0.3) is 11.0 Å². The van der Waals surface area contributed by atoms with E-state index in [1.54, 1.807) is 13.0 Å². The van der Waals surface area contributed by atoms with Crippen molar-refractivity contribution in [2.75, 3.05) is 5.73 Å². The molecule has 0 radical (unpaired) electrons. The van der Waals surface area contributed by atoms with Crippen LogP contribution >= 0.6 is 0 Å². The van der Waals surface area contributed by atoms with Crippen LogP contribution in [0.1, 0.15) is 18.9 Å². The molecule has 0 fully saturated rings. The minimum atomic E-state index is -0.561. The van der Waals surface area contributed by atoms with Crippen molar-refractivity contribution in [2.24, 2.45) is 7.05 Å². The molecule has 2 aromatic rings. The fourth-order valence-corrected chi connectivity index (χ4v) is 1.61. The van der Waals surface area contributed by atoms with Gasteiger partial charge in [-0.25, -0.2) is 4.98 Å². The number of fused-ring (bicyclic) bond motifs is 1. The Kier molecular flexibility index (Phi) is 1.93. The van der Waals surface area contributed by atoms with E-state index >= 15 is 0 Å². The molecule has 14 heavy (non-hydrogen) atoms. The number of aliphatic hydroxyl groups is 1. The molecule has 0 unspecified atom stereocenters. The van der Waals surface area contributed by atoms with Crippen LogP contribution in [-0.4, -0.2) is 14.7 Å². The summed E-state index contributed by atoms with van der Waals surface area (Å²) in [5, 5.41) is 9.46. The molecule has 1 aromatic heterocycles. The first kappa shape index (κ1) is 9.02. The van der Waals surface area contributed by atoms with Crippen LogP contribution in [0.5, 0.6) is 0 Å². The van der Waals surface area contributed by atoms with Crippen molar-refractivity contribution in [1.29, 1.82) is 0 Å². The van der Waals surface area contributed by atoms with E-state index in [0.717, 1.165) is 11.0 Å². The van der Waals surface area contributed by atoms with Crippen molar-refractivity contribution in [3.63, 3.8) is 0 Å². The molecule has 74 valence electrons. The minimum absolute atomic E-state index is 0.561. The van der Waals surface area contributed by atoms with E-state index in [4.69, 9.17) is 5.73 Å². The second-order valence-electron chi connectivity index (χ2n) is 3.45. The first-order valence-corrected chi connectivity index (χ1v) is 4.49. The van der Waals surface area contributed by atoms with Crippen LogP contribution < -0.4 is 5.73 Å². The lowest BCUT2D eigenvalue weighted by Crippen LogP contribution is -2.01. The standard InChI is InChI=1S/C10H13N3O/c1-6(14)10-12-8-5-7(11)3-4-9(8)13(10)2/h3-6,14H,11H2,1-2H3/t6-/m0/s1. The van der Waals surface area contributed by atoms with Crippen LogP contribution in [-0.2, 0) is 7.05 Å². The van der Waals surface area contributed by atoms with Crippen molar-refractivity contribution in [1.82, 2.24) is 9.55 Å². The summed E-state index contributed by atoms with van der Waals surface area (Å²) in [5.41, 5.74) is 8.14. The van der Waals surface area contributed by atoms with Gasteiger partial charge in [0.2, 0.25) is 0 Å². The number of nitrogen functional groups attached to an aromatic ring is 1. The molecule has 0 saturated carbocycles. The lowest BCUT2D eigenvalue weighted by atomic mass is 10.3. The summed E-state index contributed by atoms with van der Waals surface area (Å²) in [6, 6.07) is 5.54. The molecule has 4 heteroatoms. The highest BCUT2D eigenvalue weighted by Gasteiger charge is 2.11. The quantitative estimate of drug-likeness (QED) is 0.666. The third-order valence-corrected chi connectivity index (χ3v) is 2.31. The highest BCUT2D eigenvalue weighted by atomic mass is 16.3. The number of benzene rings is 1. The van der Waals surface area contributed by atoms with Gasteiger partial charge < -0.3 is 15.4 Å². The maximum absolute atomic E-state index is 9.46. The summed E-state index contributed by atoms with van der Waals surface area (Å²) in [5.74, 6) is 0.658. The molecule has 2 rings (SSSR count). The van der Waals surface area contributed by atoms with E-state index in [-0.39, 0.29) is 0 Å². The van der Waals surface area contributed by atoms with Gasteiger partial charge in [-0.1, -0.05) is 0 Å². The SMILES string of the molecule is C[C@H](O)c1nc2cc(N)ccc2n1C. The van der Waals surface area contributed by atoms with Crippen LogP contribution in [0.2, 0.25) is 0 Å². The largest absolute Gasteiger partial charge is 0.399 e. The number of imidazole rings is 1. The average Bonchev–Trinajstić information content (AvgIpc) is 2.43. The van der Waals surface area contributed by atoms with E-state index in [1.807, 2.05) is 23.7 Å². The number of rotatable bonds is 1. The highest BCUT2D eigenvalue weighted by molar-refractivity contribution is 5.79. The highest BCUT2D eigenvalue weighted by Crippen LogP contribution is 2.20. The van der Waals surface area contributed by atoms with Gasteiger partial charge in [-0.2, -0.15) is 0 Å². The summed E-state index contributed by atoms with van der Waals surface area (Å²) in [6.07, 6.45) is -0.561. The minimum Gasteiger partial charge on any atom is -0.399 e. The number of nitrogens with two attached hydrogens (primary N) is 1. The predicted molar refractivity (Wildman–Crippen MR) is 55.8 cm³/mol.